The third-order valence-electron chi connectivity index (χ3n) is 3.06. The van der Waals surface area contributed by atoms with Crippen molar-refractivity contribution in [2.45, 2.75) is 40.5 Å². The molecule has 3 heteroatoms. The molecule has 0 bridgehead atoms. The maximum Gasteiger partial charge on any atom is 0.225 e. The van der Waals surface area contributed by atoms with Crippen LogP contribution in [0, 0.1) is 11.3 Å². The van der Waals surface area contributed by atoms with Crippen LogP contribution in [0.5, 0.6) is 0 Å². The van der Waals surface area contributed by atoms with Crippen molar-refractivity contribution in [1.29, 1.82) is 0 Å². The average Bonchev–Trinajstić information content (AvgIpc) is 2.65. The van der Waals surface area contributed by atoms with Crippen LogP contribution >= 0.6 is 0 Å². The number of amides is 1. The Morgan fingerprint density at radius 2 is 1.88 bits per heavy atom. The summed E-state index contributed by atoms with van der Waals surface area (Å²) >= 11 is 0. The molecule has 1 heterocycles. The fourth-order valence-electron chi connectivity index (χ4n) is 2.00. The van der Waals surface area contributed by atoms with E-state index in [0.29, 0.717) is 5.92 Å². The van der Waals surface area contributed by atoms with E-state index in [1.165, 1.54) is 25.9 Å². The van der Waals surface area contributed by atoms with Crippen molar-refractivity contribution in [3.8, 4) is 0 Å². The Labute approximate surface area is 99.6 Å². The molecule has 1 rings (SSSR count). The summed E-state index contributed by atoms with van der Waals surface area (Å²) in [6.07, 6.45) is 2.67. The Hall–Kier alpha value is -0.570. The summed E-state index contributed by atoms with van der Waals surface area (Å²) in [4.78, 5) is 14.2. The van der Waals surface area contributed by atoms with Crippen LogP contribution in [0.15, 0.2) is 0 Å². The second-order valence-electron chi connectivity index (χ2n) is 6.07. The maximum absolute atomic E-state index is 11.7. The molecule has 0 aromatic rings. The van der Waals surface area contributed by atoms with Crippen molar-refractivity contribution in [3.05, 3.63) is 0 Å². The molecule has 94 valence electrons. The number of nitrogens with zero attached hydrogens (tertiary/aromatic N) is 1. The molecule has 0 saturated carbocycles. The van der Waals surface area contributed by atoms with Gasteiger partial charge in [-0.1, -0.05) is 27.7 Å². The van der Waals surface area contributed by atoms with Crippen LogP contribution in [0.4, 0.5) is 0 Å². The molecule has 1 aliphatic rings. The molecule has 0 aliphatic carbocycles. The van der Waals surface area contributed by atoms with Crippen LogP contribution in [0.3, 0.4) is 0 Å². The molecule has 0 radical (unpaired) electrons. The van der Waals surface area contributed by atoms with Gasteiger partial charge in [0.1, 0.15) is 0 Å². The van der Waals surface area contributed by atoms with Crippen LogP contribution < -0.4 is 5.32 Å². The first-order valence-corrected chi connectivity index (χ1v) is 6.40. The van der Waals surface area contributed by atoms with Crippen LogP contribution in [-0.2, 0) is 4.79 Å². The SMILES string of the molecule is CC(CNC(=O)C(C)(C)C)CN1CCCC1. The van der Waals surface area contributed by atoms with E-state index in [2.05, 4.69) is 17.1 Å². The van der Waals surface area contributed by atoms with E-state index >= 15 is 0 Å². The Morgan fingerprint density at radius 1 is 1.31 bits per heavy atom. The molecule has 1 aliphatic heterocycles. The minimum absolute atomic E-state index is 0.153. The molecule has 1 unspecified atom stereocenters. The van der Waals surface area contributed by atoms with E-state index < -0.39 is 0 Å². The lowest BCUT2D eigenvalue weighted by Gasteiger charge is -2.23. The zero-order valence-corrected chi connectivity index (χ0v) is 11.2. The number of nitrogens with one attached hydrogen (secondary N) is 1. The van der Waals surface area contributed by atoms with Gasteiger partial charge in [0.05, 0.1) is 0 Å². The van der Waals surface area contributed by atoms with Crippen LogP contribution in [0.2, 0.25) is 0 Å². The number of hydrogen-bond donors (Lipinski definition) is 1. The number of likely N-dealkylation sites (tertiary alicyclic amines) is 1. The monoisotopic (exact) mass is 226 g/mol. The van der Waals surface area contributed by atoms with Crippen LogP contribution in [0.1, 0.15) is 40.5 Å². The van der Waals surface area contributed by atoms with Gasteiger partial charge in [0.2, 0.25) is 5.91 Å². The molecule has 0 aromatic heterocycles. The summed E-state index contributed by atoms with van der Waals surface area (Å²) in [6, 6.07) is 0. The van der Waals surface area contributed by atoms with E-state index in [9.17, 15) is 4.79 Å². The van der Waals surface area contributed by atoms with Gasteiger partial charge in [-0.3, -0.25) is 4.79 Å². The minimum atomic E-state index is -0.270. The molecule has 1 atom stereocenters. The summed E-state index contributed by atoms with van der Waals surface area (Å²) in [5, 5.41) is 3.03. The third-order valence-corrected chi connectivity index (χ3v) is 3.06. The van der Waals surface area contributed by atoms with Gasteiger partial charge in [0, 0.05) is 18.5 Å². The second-order valence-corrected chi connectivity index (χ2v) is 6.07. The quantitative estimate of drug-likeness (QED) is 0.794. The highest BCUT2D eigenvalue weighted by atomic mass is 16.2. The normalized spacial score (nSPS) is 19.8. The lowest BCUT2D eigenvalue weighted by Crippen LogP contribution is -2.39. The highest BCUT2D eigenvalue weighted by molar-refractivity contribution is 5.81. The van der Waals surface area contributed by atoms with Gasteiger partial charge in [0.15, 0.2) is 0 Å². The maximum atomic E-state index is 11.7. The Morgan fingerprint density at radius 3 is 2.38 bits per heavy atom. The van der Waals surface area contributed by atoms with Gasteiger partial charge < -0.3 is 10.2 Å². The first-order chi connectivity index (χ1) is 7.39. The largest absolute Gasteiger partial charge is 0.355 e. The summed E-state index contributed by atoms with van der Waals surface area (Å²) < 4.78 is 0. The van der Waals surface area contributed by atoms with Crippen LogP contribution in [-0.4, -0.2) is 37.0 Å². The zero-order chi connectivity index (χ0) is 12.2. The van der Waals surface area contributed by atoms with E-state index in [1.807, 2.05) is 20.8 Å². The second kappa shape index (κ2) is 5.67. The summed E-state index contributed by atoms with van der Waals surface area (Å²) in [6.45, 7) is 12.4. The van der Waals surface area contributed by atoms with E-state index in [1.54, 1.807) is 0 Å². The smallest absolute Gasteiger partial charge is 0.225 e. The predicted molar refractivity (Wildman–Crippen MR) is 67.3 cm³/mol. The number of carbonyl (C=O) groups excluding carboxylic acids is 1. The van der Waals surface area contributed by atoms with Gasteiger partial charge in [-0.15, -0.1) is 0 Å². The van der Waals surface area contributed by atoms with E-state index in [4.69, 9.17) is 0 Å². The highest BCUT2D eigenvalue weighted by Crippen LogP contribution is 2.13. The van der Waals surface area contributed by atoms with Crippen molar-refractivity contribution >= 4 is 5.91 Å². The van der Waals surface area contributed by atoms with E-state index in [-0.39, 0.29) is 11.3 Å². The summed E-state index contributed by atoms with van der Waals surface area (Å²) in [7, 11) is 0. The Kier molecular flexibility index (Phi) is 4.78. The molecule has 1 amide bonds. The lowest BCUT2D eigenvalue weighted by molar-refractivity contribution is -0.128. The molecule has 1 saturated heterocycles. The molecule has 16 heavy (non-hydrogen) atoms. The number of hydrogen-bond acceptors (Lipinski definition) is 2. The fraction of sp³-hybridized carbons (Fsp3) is 0.923. The molecular weight excluding hydrogens is 200 g/mol. The van der Waals surface area contributed by atoms with Gasteiger partial charge >= 0.3 is 0 Å². The highest BCUT2D eigenvalue weighted by Gasteiger charge is 2.21. The van der Waals surface area contributed by atoms with Gasteiger partial charge in [-0.05, 0) is 31.8 Å². The van der Waals surface area contributed by atoms with Gasteiger partial charge in [-0.25, -0.2) is 0 Å². The van der Waals surface area contributed by atoms with Crippen molar-refractivity contribution < 1.29 is 4.79 Å². The molecule has 1 fully saturated rings. The predicted octanol–water partition coefficient (Wildman–Crippen LogP) is 1.88. The minimum Gasteiger partial charge on any atom is -0.355 e. The van der Waals surface area contributed by atoms with Crippen molar-refractivity contribution in [3.63, 3.8) is 0 Å². The summed E-state index contributed by atoms with van der Waals surface area (Å²) in [5.74, 6) is 0.699. The van der Waals surface area contributed by atoms with Crippen molar-refractivity contribution in [1.82, 2.24) is 10.2 Å². The lowest BCUT2D eigenvalue weighted by atomic mass is 9.95. The molecular formula is C13H26N2O. The fourth-order valence-corrected chi connectivity index (χ4v) is 2.00. The van der Waals surface area contributed by atoms with Crippen LogP contribution in [0.25, 0.3) is 0 Å². The van der Waals surface area contributed by atoms with Crippen molar-refractivity contribution in [2.24, 2.45) is 11.3 Å². The molecule has 1 N–H and O–H groups in total. The first kappa shape index (κ1) is 13.5. The number of carbonyl (C=O) groups is 1. The summed E-state index contributed by atoms with van der Waals surface area (Å²) in [5.41, 5.74) is -0.270. The average molecular weight is 226 g/mol. The number of rotatable bonds is 4. The molecule has 0 aromatic carbocycles. The van der Waals surface area contributed by atoms with Gasteiger partial charge in [0.25, 0.3) is 0 Å². The topological polar surface area (TPSA) is 32.3 Å². The standard InChI is InChI=1S/C13H26N2O/c1-11(10-15-7-5-6-8-15)9-14-12(16)13(2,3)4/h11H,5-10H2,1-4H3,(H,14,16). The Bertz CT molecular complexity index is 227. The third kappa shape index (κ3) is 4.52. The van der Waals surface area contributed by atoms with Crippen molar-refractivity contribution in [2.75, 3.05) is 26.2 Å². The molecule has 3 nitrogen and oxygen atoms in total. The Balaban J connectivity index is 2.19. The zero-order valence-electron chi connectivity index (χ0n) is 11.2. The molecule has 0 spiro atoms. The first-order valence-electron chi connectivity index (χ1n) is 6.40. The van der Waals surface area contributed by atoms with E-state index in [0.717, 1.165) is 13.1 Å². The van der Waals surface area contributed by atoms with Gasteiger partial charge in [-0.2, -0.15) is 0 Å².